The van der Waals surface area contributed by atoms with Crippen molar-refractivity contribution in [3.8, 4) is 5.75 Å². The molecule has 0 fully saturated rings. The van der Waals surface area contributed by atoms with Crippen LogP contribution in [0, 0.1) is 0 Å². The summed E-state index contributed by atoms with van der Waals surface area (Å²) in [7, 11) is 0. The molecule has 0 bridgehead atoms. The van der Waals surface area contributed by atoms with Crippen LogP contribution in [0.4, 0.5) is 11.4 Å². The summed E-state index contributed by atoms with van der Waals surface area (Å²) in [5.74, 6) is 1.19. The summed E-state index contributed by atoms with van der Waals surface area (Å²) in [5, 5.41) is 6.04. The highest BCUT2D eigenvalue weighted by Crippen LogP contribution is 2.24. The number of nitrogens with one attached hydrogen (secondary N) is 2. The van der Waals surface area contributed by atoms with Gasteiger partial charge in [0.15, 0.2) is 0 Å². The van der Waals surface area contributed by atoms with E-state index in [2.05, 4.69) is 15.6 Å². The summed E-state index contributed by atoms with van der Waals surface area (Å²) < 4.78 is 10.8. The first-order chi connectivity index (χ1) is 12.3. The minimum absolute atomic E-state index is 0.249. The highest BCUT2D eigenvalue weighted by molar-refractivity contribution is 6.05. The van der Waals surface area contributed by atoms with Crippen molar-refractivity contribution >= 4 is 17.3 Å². The molecule has 2 N–H and O–H groups in total. The Hall–Kier alpha value is -3.28. The summed E-state index contributed by atoms with van der Waals surface area (Å²) in [5.41, 5.74) is 1.82. The van der Waals surface area contributed by atoms with E-state index >= 15 is 0 Å². The van der Waals surface area contributed by atoms with E-state index in [9.17, 15) is 4.79 Å². The van der Waals surface area contributed by atoms with Crippen LogP contribution in [0.25, 0.3) is 0 Å². The summed E-state index contributed by atoms with van der Waals surface area (Å²) in [6.45, 7) is 2.95. The Morgan fingerprint density at radius 2 is 2.08 bits per heavy atom. The molecule has 0 atom stereocenters. The number of rotatable bonds is 7. The smallest absolute Gasteiger partial charge is 0.257 e. The second-order valence-corrected chi connectivity index (χ2v) is 5.28. The Bertz CT molecular complexity index is 831. The average Bonchev–Trinajstić information content (AvgIpc) is 3.16. The van der Waals surface area contributed by atoms with Crippen LogP contribution >= 0.6 is 0 Å². The molecule has 0 aliphatic heterocycles. The molecule has 3 rings (SSSR count). The largest absolute Gasteiger partial charge is 0.492 e. The van der Waals surface area contributed by atoms with E-state index in [0.29, 0.717) is 30.2 Å². The normalized spacial score (nSPS) is 10.3. The van der Waals surface area contributed by atoms with Gasteiger partial charge in [-0.2, -0.15) is 0 Å². The van der Waals surface area contributed by atoms with Gasteiger partial charge in [0.05, 0.1) is 36.4 Å². The average molecular weight is 337 g/mol. The van der Waals surface area contributed by atoms with Crippen molar-refractivity contribution in [1.29, 1.82) is 0 Å². The number of carbonyl (C=O) groups is 1. The molecule has 1 amide bonds. The molecule has 0 unspecified atom stereocenters. The number of hydrogen-bond donors (Lipinski definition) is 2. The maximum Gasteiger partial charge on any atom is 0.257 e. The van der Waals surface area contributed by atoms with Crippen LogP contribution in [0.5, 0.6) is 5.75 Å². The van der Waals surface area contributed by atoms with Crippen molar-refractivity contribution in [3.63, 3.8) is 0 Å². The van der Waals surface area contributed by atoms with Gasteiger partial charge in [0.2, 0.25) is 0 Å². The van der Waals surface area contributed by atoms with Crippen LogP contribution in [-0.4, -0.2) is 17.5 Å². The summed E-state index contributed by atoms with van der Waals surface area (Å²) in [6.07, 6.45) is 4.81. The fourth-order valence-corrected chi connectivity index (χ4v) is 2.31. The van der Waals surface area contributed by atoms with Crippen LogP contribution in [0.1, 0.15) is 23.0 Å². The predicted molar refractivity (Wildman–Crippen MR) is 95.8 cm³/mol. The zero-order chi connectivity index (χ0) is 17.5. The number of hydrogen-bond acceptors (Lipinski definition) is 5. The van der Waals surface area contributed by atoms with Crippen molar-refractivity contribution in [1.82, 2.24) is 4.98 Å². The highest BCUT2D eigenvalue weighted by Gasteiger charge is 2.11. The highest BCUT2D eigenvalue weighted by atomic mass is 16.5. The lowest BCUT2D eigenvalue weighted by atomic mass is 10.2. The van der Waals surface area contributed by atoms with Crippen molar-refractivity contribution in [2.75, 3.05) is 17.2 Å². The number of furan rings is 1. The lowest BCUT2D eigenvalue weighted by molar-refractivity contribution is 0.102. The molecule has 0 spiro atoms. The van der Waals surface area contributed by atoms with Crippen LogP contribution in [0.2, 0.25) is 0 Å². The fourth-order valence-electron chi connectivity index (χ4n) is 2.31. The van der Waals surface area contributed by atoms with E-state index in [1.165, 1.54) is 6.20 Å². The van der Waals surface area contributed by atoms with E-state index in [1.807, 2.05) is 37.3 Å². The minimum atomic E-state index is -0.249. The number of nitrogens with zero attached hydrogens (tertiary/aromatic N) is 1. The molecule has 0 saturated carbocycles. The van der Waals surface area contributed by atoms with Crippen molar-refractivity contribution in [2.45, 2.75) is 13.5 Å². The first kappa shape index (κ1) is 16.6. The number of pyridine rings is 1. The van der Waals surface area contributed by atoms with Crippen LogP contribution in [0.15, 0.2) is 65.5 Å². The van der Waals surface area contributed by atoms with E-state index < -0.39 is 0 Å². The molecule has 0 aliphatic carbocycles. The number of carbonyl (C=O) groups excluding carboxylic acids is 1. The van der Waals surface area contributed by atoms with E-state index in [1.54, 1.807) is 24.6 Å². The van der Waals surface area contributed by atoms with Crippen LogP contribution in [0.3, 0.4) is 0 Å². The van der Waals surface area contributed by atoms with Crippen molar-refractivity contribution in [3.05, 3.63) is 72.4 Å². The van der Waals surface area contributed by atoms with Gasteiger partial charge in [-0.3, -0.25) is 9.78 Å². The molecule has 128 valence electrons. The van der Waals surface area contributed by atoms with Gasteiger partial charge in [0.25, 0.3) is 5.91 Å². The second kappa shape index (κ2) is 8.01. The first-order valence-corrected chi connectivity index (χ1v) is 8.00. The van der Waals surface area contributed by atoms with E-state index in [0.717, 1.165) is 11.4 Å². The van der Waals surface area contributed by atoms with Gasteiger partial charge in [0, 0.05) is 12.4 Å². The zero-order valence-corrected chi connectivity index (χ0v) is 13.9. The Balaban J connectivity index is 1.69. The lowest BCUT2D eigenvalue weighted by Crippen LogP contribution is -2.13. The molecule has 1 aromatic carbocycles. The molecular formula is C19H19N3O3. The van der Waals surface area contributed by atoms with Crippen molar-refractivity contribution < 1.29 is 13.9 Å². The molecular weight excluding hydrogens is 318 g/mol. The van der Waals surface area contributed by atoms with Gasteiger partial charge in [-0.1, -0.05) is 12.1 Å². The number of aromatic nitrogens is 1. The molecule has 25 heavy (non-hydrogen) atoms. The summed E-state index contributed by atoms with van der Waals surface area (Å²) >= 11 is 0. The number of amides is 1. The van der Waals surface area contributed by atoms with Gasteiger partial charge in [0.1, 0.15) is 11.5 Å². The van der Waals surface area contributed by atoms with Crippen LogP contribution < -0.4 is 15.4 Å². The van der Waals surface area contributed by atoms with Gasteiger partial charge in [-0.25, -0.2) is 0 Å². The van der Waals surface area contributed by atoms with Gasteiger partial charge in [-0.05, 0) is 37.3 Å². The minimum Gasteiger partial charge on any atom is -0.492 e. The summed E-state index contributed by atoms with van der Waals surface area (Å²) in [6, 6.07) is 12.8. The zero-order valence-electron chi connectivity index (χ0n) is 13.9. The molecule has 6 heteroatoms. The Morgan fingerprint density at radius 1 is 1.20 bits per heavy atom. The van der Waals surface area contributed by atoms with Crippen molar-refractivity contribution in [2.24, 2.45) is 0 Å². The van der Waals surface area contributed by atoms with Gasteiger partial charge < -0.3 is 19.8 Å². The Morgan fingerprint density at radius 3 is 2.88 bits per heavy atom. The Labute approximate surface area is 145 Å². The molecule has 0 saturated heterocycles. The predicted octanol–water partition coefficient (Wildman–Crippen LogP) is 3.94. The lowest BCUT2D eigenvalue weighted by Gasteiger charge is -2.11. The number of anilines is 2. The maximum absolute atomic E-state index is 12.5. The number of para-hydroxylation sites is 2. The van der Waals surface area contributed by atoms with E-state index in [4.69, 9.17) is 9.15 Å². The third kappa shape index (κ3) is 4.38. The molecule has 0 radical (unpaired) electrons. The van der Waals surface area contributed by atoms with E-state index in [-0.39, 0.29) is 5.91 Å². The number of benzene rings is 1. The third-order valence-corrected chi connectivity index (χ3v) is 3.48. The number of ether oxygens (including phenoxy) is 1. The maximum atomic E-state index is 12.5. The van der Waals surface area contributed by atoms with Gasteiger partial charge >= 0.3 is 0 Å². The molecule has 2 aromatic heterocycles. The first-order valence-electron chi connectivity index (χ1n) is 8.00. The molecule has 0 aliphatic rings. The molecule has 6 nitrogen and oxygen atoms in total. The standard InChI is InChI=1S/C19H19N3O3/c1-2-24-18-8-4-3-7-17(18)22-19(23)14-10-15(12-20-11-14)21-13-16-6-5-9-25-16/h3-12,21H,2,13H2,1H3,(H,22,23). The SMILES string of the molecule is CCOc1ccccc1NC(=O)c1cncc(NCc2ccco2)c1. The monoisotopic (exact) mass is 337 g/mol. The topological polar surface area (TPSA) is 76.4 Å². The quantitative estimate of drug-likeness (QED) is 0.683. The van der Waals surface area contributed by atoms with Gasteiger partial charge in [-0.15, -0.1) is 0 Å². The molecule has 2 heterocycles. The third-order valence-electron chi connectivity index (χ3n) is 3.48. The Kier molecular flexibility index (Phi) is 5.31. The second-order valence-electron chi connectivity index (χ2n) is 5.28. The molecule has 3 aromatic rings. The fraction of sp³-hybridized carbons (Fsp3) is 0.158. The van der Waals surface area contributed by atoms with Crippen LogP contribution in [-0.2, 0) is 6.54 Å². The summed E-state index contributed by atoms with van der Waals surface area (Å²) in [4.78, 5) is 16.6.